The predicted molar refractivity (Wildman–Crippen MR) is 74.5 cm³/mol. The number of carbonyl (C=O) groups is 1. The maximum absolute atomic E-state index is 10.9. The van der Waals surface area contributed by atoms with Crippen molar-refractivity contribution < 1.29 is 14.6 Å². The van der Waals surface area contributed by atoms with Crippen LogP contribution in [0.15, 0.2) is 30.0 Å². The van der Waals surface area contributed by atoms with E-state index >= 15 is 0 Å². The minimum Gasteiger partial charge on any atom is -0.478 e. The third kappa shape index (κ3) is 4.99. The lowest BCUT2D eigenvalue weighted by Crippen LogP contribution is -2.10. The zero-order valence-electron chi connectivity index (χ0n) is 11.5. The highest BCUT2D eigenvalue weighted by atomic mass is 16.5. The van der Waals surface area contributed by atoms with E-state index in [1.54, 1.807) is 18.3 Å². The molecule has 104 valence electrons. The number of pyridine rings is 1. The van der Waals surface area contributed by atoms with Gasteiger partial charge in [-0.1, -0.05) is 13.0 Å². The Hall–Kier alpha value is -2.04. The van der Waals surface area contributed by atoms with Gasteiger partial charge >= 0.3 is 5.97 Å². The Labute approximate surface area is 113 Å². The molecular formula is C14H20N2O3. The van der Waals surface area contributed by atoms with Crippen LogP contribution in [0.5, 0.6) is 5.88 Å². The number of hydrogen-bond donors (Lipinski definition) is 2. The molecule has 1 heterocycles. The SMILES string of the molecule is CC/C(=C/CNc1cccnc1OC(C)C)C(=O)O. The average molecular weight is 264 g/mol. The van der Waals surface area contributed by atoms with Gasteiger partial charge in [0.2, 0.25) is 5.88 Å². The smallest absolute Gasteiger partial charge is 0.331 e. The number of ether oxygens (including phenoxy) is 1. The molecule has 0 saturated heterocycles. The van der Waals surface area contributed by atoms with E-state index in [4.69, 9.17) is 9.84 Å². The molecule has 0 aromatic carbocycles. The van der Waals surface area contributed by atoms with Crippen LogP contribution < -0.4 is 10.1 Å². The maximum atomic E-state index is 10.9. The number of aromatic nitrogens is 1. The molecule has 5 nitrogen and oxygen atoms in total. The van der Waals surface area contributed by atoms with E-state index in [0.717, 1.165) is 5.69 Å². The van der Waals surface area contributed by atoms with Crippen molar-refractivity contribution in [2.24, 2.45) is 0 Å². The monoisotopic (exact) mass is 264 g/mol. The van der Waals surface area contributed by atoms with Gasteiger partial charge in [0.15, 0.2) is 0 Å². The highest BCUT2D eigenvalue weighted by molar-refractivity contribution is 5.86. The van der Waals surface area contributed by atoms with Crippen LogP contribution in [0, 0.1) is 0 Å². The molecule has 0 radical (unpaired) electrons. The lowest BCUT2D eigenvalue weighted by atomic mass is 10.2. The molecule has 0 unspecified atom stereocenters. The number of nitrogens with one attached hydrogen (secondary N) is 1. The van der Waals surface area contributed by atoms with Crippen LogP contribution in [0.2, 0.25) is 0 Å². The van der Waals surface area contributed by atoms with Crippen molar-refractivity contribution in [2.45, 2.75) is 33.3 Å². The Morgan fingerprint density at radius 1 is 1.58 bits per heavy atom. The molecule has 0 amide bonds. The standard InChI is InChI=1S/C14H20N2O3/c1-4-11(14(17)18)7-9-15-12-6-5-8-16-13(12)19-10(2)3/h5-8,10,15H,4,9H2,1-3H3,(H,17,18)/b11-7-. The zero-order chi connectivity index (χ0) is 14.3. The summed E-state index contributed by atoms with van der Waals surface area (Å²) in [6, 6.07) is 3.65. The largest absolute Gasteiger partial charge is 0.478 e. The molecule has 1 aromatic rings. The van der Waals surface area contributed by atoms with Crippen molar-refractivity contribution in [1.29, 1.82) is 0 Å². The van der Waals surface area contributed by atoms with E-state index in [-0.39, 0.29) is 6.10 Å². The Kier molecular flexibility index (Phi) is 5.85. The van der Waals surface area contributed by atoms with Gasteiger partial charge in [-0.2, -0.15) is 0 Å². The lowest BCUT2D eigenvalue weighted by Gasteiger charge is -2.13. The first kappa shape index (κ1) is 15.0. The summed E-state index contributed by atoms with van der Waals surface area (Å²) in [7, 11) is 0. The average Bonchev–Trinajstić information content (AvgIpc) is 2.35. The van der Waals surface area contributed by atoms with Crippen molar-refractivity contribution in [3.05, 3.63) is 30.0 Å². The Morgan fingerprint density at radius 3 is 2.89 bits per heavy atom. The van der Waals surface area contributed by atoms with Crippen LogP contribution in [-0.2, 0) is 4.79 Å². The molecule has 0 fully saturated rings. The van der Waals surface area contributed by atoms with Gasteiger partial charge in [0, 0.05) is 18.3 Å². The molecular weight excluding hydrogens is 244 g/mol. The fourth-order valence-electron chi connectivity index (χ4n) is 1.51. The summed E-state index contributed by atoms with van der Waals surface area (Å²) in [5.74, 6) is -0.353. The lowest BCUT2D eigenvalue weighted by molar-refractivity contribution is -0.132. The molecule has 0 aliphatic rings. The highest BCUT2D eigenvalue weighted by Crippen LogP contribution is 2.21. The summed E-state index contributed by atoms with van der Waals surface area (Å²) >= 11 is 0. The summed E-state index contributed by atoms with van der Waals surface area (Å²) in [5, 5.41) is 12.0. The molecule has 2 N–H and O–H groups in total. The van der Waals surface area contributed by atoms with Gasteiger partial charge in [0.05, 0.1) is 11.8 Å². The summed E-state index contributed by atoms with van der Waals surface area (Å²) in [6.45, 7) is 6.10. The minimum absolute atomic E-state index is 0.0382. The van der Waals surface area contributed by atoms with Crippen molar-refractivity contribution in [3.8, 4) is 5.88 Å². The van der Waals surface area contributed by atoms with Crippen molar-refractivity contribution in [3.63, 3.8) is 0 Å². The molecule has 19 heavy (non-hydrogen) atoms. The second-order valence-electron chi connectivity index (χ2n) is 4.29. The van der Waals surface area contributed by atoms with E-state index in [9.17, 15) is 4.79 Å². The number of aliphatic carboxylic acids is 1. The molecule has 0 aliphatic carbocycles. The highest BCUT2D eigenvalue weighted by Gasteiger charge is 2.06. The number of nitrogens with zero attached hydrogens (tertiary/aromatic N) is 1. The van der Waals surface area contributed by atoms with Gasteiger partial charge in [0.1, 0.15) is 0 Å². The summed E-state index contributed by atoms with van der Waals surface area (Å²) in [4.78, 5) is 15.0. The second-order valence-corrected chi connectivity index (χ2v) is 4.29. The molecule has 5 heteroatoms. The van der Waals surface area contributed by atoms with Crippen LogP contribution in [0.4, 0.5) is 5.69 Å². The topological polar surface area (TPSA) is 71.5 Å². The summed E-state index contributed by atoms with van der Waals surface area (Å²) in [5.41, 5.74) is 1.15. The Morgan fingerprint density at radius 2 is 2.32 bits per heavy atom. The third-order valence-corrected chi connectivity index (χ3v) is 2.42. The fourth-order valence-corrected chi connectivity index (χ4v) is 1.51. The fraction of sp³-hybridized carbons (Fsp3) is 0.429. The van der Waals surface area contributed by atoms with Gasteiger partial charge in [-0.3, -0.25) is 0 Å². The zero-order valence-corrected chi connectivity index (χ0v) is 11.5. The van der Waals surface area contributed by atoms with Gasteiger partial charge < -0.3 is 15.2 Å². The van der Waals surface area contributed by atoms with E-state index < -0.39 is 5.97 Å². The second kappa shape index (κ2) is 7.41. The Balaban J connectivity index is 2.70. The van der Waals surface area contributed by atoms with Gasteiger partial charge in [-0.05, 0) is 32.4 Å². The van der Waals surface area contributed by atoms with E-state index in [2.05, 4.69) is 10.3 Å². The molecule has 0 atom stereocenters. The van der Waals surface area contributed by atoms with Gasteiger partial charge in [-0.25, -0.2) is 9.78 Å². The molecule has 0 bridgehead atoms. The molecule has 1 rings (SSSR count). The minimum atomic E-state index is -0.880. The number of carboxylic acid groups (broad SMARTS) is 1. The first-order chi connectivity index (χ1) is 9.04. The van der Waals surface area contributed by atoms with Crippen LogP contribution in [0.3, 0.4) is 0 Å². The van der Waals surface area contributed by atoms with Gasteiger partial charge in [-0.15, -0.1) is 0 Å². The van der Waals surface area contributed by atoms with E-state index in [1.165, 1.54) is 0 Å². The number of hydrogen-bond acceptors (Lipinski definition) is 4. The van der Waals surface area contributed by atoms with Crippen LogP contribution in [-0.4, -0.2) is 28.7 Å². The number of carboxylic acids is 1. The molecule has 0 spiro atoms. The summed E-state index contributed by atoms with van der Waals surface area (Å²) < 4.78 is 5.57. The van der Waals surface area contributed by atoms with Crippen molar-refractivity contribution in [2.75, 3.05) is 11.9 Å². The number of anilines is 1. The van der Waals surface area contributed by atoms with Gasteiger partial charge in [0.25, 0.3) is 0 Å². The normalized spacial score (nSPS) is 11.5. The van der Waals surface area contributed by atoms with Crippen molar-refractivity contribution in [1.82, 2.24) is 4.98 Å². The molecule has 0 aliphatic heterocycles. The predicted octanol–water partition coefficient (Wildman–Crippen LogP) is 2.70. The van der Waals surface area contributed by atoms with E-state index in [1.807, 2.05) is 26.8 Å². The van der Waals surface area contributed by atoms with Crippen LogP contribution >= 0.6 is 0 Å². The quantitative estimate of drug-likeness (QED) is 0.741. The molecule has 1 aromatic heterocycles. The first-order valence-electron chi connectivity index (χ1n) is 6.32. The number of rotatable bonds is 7. The third-order valence-electron chi connectivity index (χ3n) is 2.42. The summed E-state index contributed by atoms with van der Waals surface area (Å²) in [6.07, 6.45) is 3.86. The first-order valence-corrected chi connectivity index (χ1v) is 6.32. The van der Waals surface area contributed by atoms with Crippen LogP contribution in [0.25, 0.3) is 0 Å². The van der Waals surface area contributed by atoms with E-state index in [0.29, 0.717) is 24.4 Å². The van der Waals surface area contributed by atoms with Crippen molar-refractivity contribution >= 4 is 11.7 Å². The Bertz CT molecular complexity index is 456. The van der Waals surface area contributed by atoms with Crippen LogP contribution in [0.1, 0.15) is 27.2 Å². The maximum Gasteiger partial charge on any atom is 0.331 e. The molecule has 0 saturated carbocycles.